The molecule has 0 aliphatic rings. The maximum Gasteiger partial charge on any atom is 0.169 e. The molecule has 1 aromatic carbocycles. The summed E-state index contributed by atoms with van der Waals surface area (Å²) in [5.74, 6) is 0.308. The molecule has 19 heavy (non-hydrogen) atoms. The van der Waals surface area contributed by atoms with Gasteiger partial charge in [0.05, 0.1) is 18.0 Å². The Hall–Kier alpha value is -2.11. The molecule has 6 heteroatoms. The molecule has 5 nitrogen and oxygen atoms in total. The van der Waals surface area contributed by atoms with Crippen LogP contribution in [0.15, 0.2) is 18.2 Å². The van der Waals surface area contributed by atoms with E-state index in [-0.39, 0.29) is 11.7 Å². The average molecular weight is 264 g/mol. The van der Waals surface area contributed by atoms with Crippen LogP contribution in [0.5, 0.6) is 5.75 Å². The summed E-state index contributed by atoms with van der Waals surface area (Å²) in [6.07, 6.45) is 0. The zero-order valence-electron chi connectivity index (χ0n) is 11.2. The summed E-state index contributed by atoms with van der Waals surface area (Å²) in [7, 11) is 0. The standard InChI is InChI=1S/C13H17FN4O/c1-4-19-11-6-5-9(7-10(11)14)18-12(8(2)3)13(15)16-17-18/h5-8H,4,15H2,1-3H3. The number of ether oxygens (including phenoxy) is 1. The number of aromatic nitrogens is 3. The van der Waals surface area contributed by atoms with Crippen molar-refractivity contribution in [2.75, 3.05) is 12.3 Å². The van der Waals surface area contributed by atoms with Crippen molar-refractivity contribution >= 4 is 5.82 Å². The van der Waals surface area contributed by atoms with Crippen LogP contribution in [0.25, 0.3) is 5.69 Å². The molecule has 2 aromatic rings. The van der Waals surface area contributed by atoms with Crippen molar-refractivity contribution in [2.24, 2.45) is 0 Å². The Balaban J connectivity index is 2.45. The van der Waals surface area contributed by atoms with Crippen molar-refractivity contribution < 1.29 is 9.13 Å². The molecule has 0 spiro atoms. The SMILES string of the molecule is CCOc1ccc(-n2nnc(N)c2C(C)C)cc1F. The maximum absolute atomic E-state index is 13.8. The number of halogens is 1. The number of nitrogens with zero attached hydrogens (tertiary/aromatic N) is 3. The minimum Gasteiger partial charge on any atom is -0.491 e. The van der Waals surface area contributed by atoms with E-state index in [9.17, 15) is 4.39 Å². The van der Waals surface area contributed by atoms with Gasteiger partial charge >= 0.3 is 0 Å². The van der Waals surface area contributed by atoms with Crippen molar-refractivity contribution in [3.63, 3.8) is 0 Å². The molecule has 0 amide bonds. The van der Waals surface area contributed by atoms with Gasteiger partial charge < -0.3 is 10.5 Å². The lowest BCUT2D eigenvalue weighted by molar-refractivity contribution is 0.321. The number of rotatable bonds is 4. The van der Waals surface area contributed by atoms with Gasteiger partial charge in [-0.15, -0.1) is 5.10 Å². The van der Waals surface area contributed by atoms with Crippen LogP contribution in [-0.4, -0.2) is 21.6 Å². The average Bonchev–Trinajstić information content (AvgIpc) is 2.74. The minimum absolute atomic E-state index is 0.143. The molecule has 0 aliphatic carbocycles. The van der Waals surface area contributed by atoms with E-state index in [1.54, 1.807) is 16.8 Å². The number of anilines is 1. The summed E-state index contributed by atoms with van der Waals surface area (Å²) in [4.78, 5) is 0. The van der Waals surface area contributed by atoms with Gasteiger partial charge in [0.2, 0.25) is 0 Å². The quantitative estimate of drug-likeness (QED) is 0.921. The van der Waals surface area contributed by atoms with Crippen molar-refractivity contribution in [2.45, 2.75) is 26.7 Å². The zero-order chi connectivity index (χ0) is 14.0. The molecular formula is C13H17FN4O. The Bertz CT molecular complexity index is 580. The van der Waals surface area contributed by atoms with Gasteiger partial charge in [0.25, 0.3) is 0 Å². The first-order valence-corrected chi connectivity index (χ1v) is 6.18. The third-order valence-corrected chi connectivity index (χ3v) is 2.74. The highest BCUT2D eigenvalue weighted by atomic mass is 19.1. The predicted molar refractivity (Wildman–Crippen MR) is 71.0 cm³/mol. The summed E-state index contributed by atoms with van der Waals surface area (Å²) in [6, 6.07) is 4.68. The van der Waals surface area contributed by atoms with Crippen LogP contribution in [0.1, 0.15) is 32.4 Å². The second-order valence-electron chi connectivity index (χ2n) is 4.47. The van der Waals surface area contributed by atoms with Crippen LogP contribution in [0.2, 0.25) is 0 Å². The Morgan fingerprint density at radius 1 is 1.42 bits per heavy atom. The van der Waals surface area contributed by atoms with Gasteiger partial charge in [0.15, 0.2) is 17.4 Å². The molecule has 0 atom stereocenters. The second-order valence-corrected chi connectivity index (χ2v) is 4.47. The predicted octanol–water partition coefficient (Wildman–Crippen LogP) is 2.51. The fourth-order valence-corrected chi connectivity index (χ4v) is 1.93. The molecule has 0 aliphatic heterocycles. The molecule has 0 bridgehead atoms. The maximum atomic E-state index is 13.8. The van der Waals surface area contributed by atoms with Crippen LogP contribution in [0, 0.1) is 5.82 Å². The van der Waals surface area contributed by atoms with Gasteiger partial charge in [-0.05, 0) is 25.0 Å². The Morgan fingerprint density at radius 3 is 2.74 bits per heavy atom. The Kier molecular flexibility index (Phi) is 3.69. The lowest BCUT2D eigenvalue weighted by Gasteiger charge is -2.11. The number of hydrogen-bond acceptors (Lipinski definition) is 4. The van der Waals surface area contributed by atoms with E-state index in [1.807, 2.05) is 20.8 Å². The summed E-state index contributed by atoms with van der Waals surface area (Å²) < 4.78 is 20.6. The van der Waals surface area contributed by atoms with Crippen molar-refractivity contribution in [3.8, 4) is 11.4 Å². The molecule has 1 heterocycles. The zero-order valence-corrected chi connectivity index (χ0v) is 11.2. The van der Waals surface area contributed by atoms with E-state index >= 15 is 0 Å². The summed E-state index contributed by atoms with van der Waals surface area (Å²) in [6.45, 7) is 6.19. The fraction of sp³-hybridized carbons (Fsp3) is 0.385. The molecule has 0 fully saturated rings. The number of nitrogens with two attached hydrogens (primary N) is 1. The van der Waals surface area contributed by atoms with Crippen molar-refractivity contribution in [1.82, 2.24) is 15.0 Å². The van der Waals surface area contributed by atoms with E-state index in [2.05, 4.69) is 10.3 Å². The minimum atomic E-state index is -0.428. The normalized spacial score (nSPS) is 11.0. The largest absolute Gasteiger partial charge is 0.491 e. The van der Waals surface area contributed by atoms with Gasteiger partial charge in [-0.25, -0.2) is 9.07 Å². The smallest absolute Gasteiger partial charge is 0.169 e. The first kappa shape index (κ1) is 13.3. The van der Waals surface area contributed by atoms with Crippen LogP contribution >= 0.6 is 0 Å². The van der Waals surface area contributed by atoms with Gasteiger partial charge in [-0.2, -0.15) is 0 Å². The van der Waals surface area contributed by atoms with Crippen LogP contribution in [-0.2, 0) is 0 Å². The molecule has 2 N–H and O–H groups in total. The monoisotopic (exact) mass is 264 g/mol. The molecule has 0 saturated heterocycles. The number of hydrogen-bond donors (Lipinski definition) is 1. The lowest BCUT2D eigenvalue weighted by Crippen LogP contribution is -2.06. The van der Waals surface area contributed by atoms with Gasteiger partial charge in [0, 0.05) is 6.07 Å². The molecule has 1 aromatic heterocycles. The molecule has 0 unspecified atom stereocenters. The van der Waals surface area contributed by atoms with E-state index in [0.717, 1.165) is 5.69 Å². The first-order valence-electron chi connectivity index (χ1n) is 6.18. The third-order valence-electron chi connectivity index (χ3n) is 2.74. The highest BCUT2D eigenvalue weighted by Gasteiger charge is 2.16. The second kappa shape index (κ2) is 5.26. The molecule has 0 saturated carbocycles. The van der Waals surface area contributed by atoms with E-state index < -0.39 is 5.82 Å². The summed E-state index contributed by atoms with van der Waals surface area (Å²) in [5.41, 5.74) is 7.13. The van der Waals surface area contributed by atoms with Crippen LogP contribution in [0.3, 0.4) is 0 Å². The Morgan fingerprint density at radius 2 is 2.16 bits per heavy atom. The van der Waals surface area contributed by atoms with Gasteiger partial charge in [0.1, 0.15) is 0 Å². The molecule has 2 rings (SSSR count). The molecule has 102 valence electrons. The lowest BCUT2D eigenvalue weighted by atomic mass is 10.1. The van der Waals surface area contributed by atoms with Crippen LogP contribution in [0.4, 0.5) is 10.2 Å². The van der Waals surface area contributed by atoms with Crippen molar-refractivity contribution in [1.29, 1.82) is 0 Å². The molecular weight excluding hydrogens is 247 g/mol. The molecule has 0 radical (unpaired) electrons. The third kappa shape index (κ3) is 2.52. The highest BCUT2D eigenvalue weighted by molar-refractivity contribution is 5.44. The van der Waals surface area contributed by atoms with Crippen LogP contribution < -0.4 is 10.5 Å². The summed E-state index contributed by atoms with van der Waals surface area (Å²) in [5, 5.41) is 7.80. The first-order chi connectivity index (χ1) is 9.04. The summed E-state index contributed by atoms with van der Waals surface area (Å²) >= 11 is 0. The number of benzene rings is 1. The highest BCUT2D eigenvalue weighted by Crippen LogP contribution is 2.25. The fourth-order valence-electron chi connectivity index (χ4n) is 1.93. The van der Waals surface area contributed by atoms with E-state index in [0.29, 0.717) is 18.1 Å². The van der Waals surface area contributed by atoms with E-state index in [4.69, 9.17) is 10.5 Å². The van der Waals surface area contributed by atoms with Gasteiger partial charge in [-0.3, -0.25) is 0 Å². The van der Waals surface area contributed by atoms with E-state index in [1.165, 1.54) is 6.07 Å². The van der Waals surface area contributed by atoms with Crippen molar-refractivity contribution in [3.05, 3.63) is 29.7 Å². The number of nitrogen functional groups attached to an aromatic ring is 1. The topological polar surface area (TPSA) is 66.0 Å². The van der Waals surface area contributed by atoms with Gasteiger partial charge in [-0.1, -0.05) is 19.1 Å². The Labute approximate surface area is 111 Å².